The zero-order chi connectivity index (χ0) is 21.2. The Hall–Kier alpha value is -2.38. The van der Waals surface area contributed by atoms with Gasteiger partial charge >= 0.3 is 0 Å². The summed E-state index contributed by atoms with van der Waals surface area (Å²) < 4.78 is 68.5. The number of hydrogen-bond donors (Lipinski definition) is 2. The van der Waals surface area contributed by atoms with Gasteiger partial charge in [0.05, 0.1) is 28.6 Å². The van der Waals surface area contributed by atoms with Crippen LogP contribution in [0.1, 0.15) is 10.4 Å². The van der Waals surface area contributed by atoms with E-state index in [2.05, 4.69) is 5.32 Å². The van der Waals surface area contributed by atoms with Crippen LogP contribution in [0.3, 0.4) is 0 Å². The summed E-state index contributed by atoms with van der Waals surface area (Å²) in [4.78, 5) is 12.1. The summed E-state index contributed by atoms with van der Waals surface area (Å²) in [6, 6.07) is 7.90. The van der Waals surface area contributed by atoms with Crippen molar-refractivity contribution in [2.75, 3.05) is 31.6 Å². The van der Waals surface area contributed by atoms with E-state index in [9.17, 15) is 26.0 Å². The SMILES string of the molecule is NS(=O)(=O)c1ccc(NC(=O)c2cc(S(=O)(=O)N3CCOCC3)ccc2F)cc1. The predicted octanol–water partition coefficient (Wildman–Crippen LogP) is 0.746. The number of amides is 1. The molecule has 9 nitrogen and oxygen atoms in total. The highest BCUT2D eigenvalue weighted by molar-refractivity contribution is 7.89. The lowest BCUT2D eigenvalue weighted by Crippen LogP contribution is -2.40. The molecule has 0 saturated carbocycles. The molecule has 2 aromatic carbocycles. The molecule has 1 fully saturated rings. The van der Waals surface area contributed by atoms with Crippen LogP contribution in [0, 0.1) is 5.82 Å². The summed E-state index contributed by atoms with van der Waals surface area (Å²) in [5.74, 6) is -1.78. The number of halogens is 1. The van der Waals surface area contributed by atoms with E-state index in [-0.39, 0.29) is 41.8 Å². The number of carbonyl (C=O) groups excluding carboxylic acids is 1. The second kappa shape index (κ2) is 8.16. The predicted molar refractivity (Wildman–Crippen MR) is 102 cm³/mol. The fourth-order valence-corrected chi connectivity index (χ4v) is 4.65. The van der Waals surface area contributed by atoms with Gasteiger partial charge in [-0.05, 0) is 42.5 Å². The van der Waals surface area contributed by atoms with Gasteiger partial charge in [0.15, 0.2) is 0 Å². The Bertz CT molecular complexity index is 1130. The van der Waals surface area contributed by atoms with Gasteiger partial charge in [-0.15, -0.1) is 0 Å². The van der Waals surface area contributed by atoms with Crippen LogP contribution in [0.4, 0.5) is 10.1 Å². The van der Waals surface area contributed by atoms with E-state index in [1.165, 1.54) is 28.6 Å². The van der Waals surface area contributed by atoms with Gasteiger partial charge in [0, 0.05) is 18.8 Å². The van der Waals surface area contributed by atoms with E-state index in [0.717, 1.165) is 18.2 Å². The molecule has 3 N–H and O–H groups in total. The topological polar surface area (TPSA) is 136 Å². The van der Waals surface area contributed by atoms with Crippen molar-refractivity contribution in [2.45, 2.75) is 9.79 Å². The van der Waals surface area contributed by atoms with Crippen LogP contribution in [0.2, 0.25) is 0 Å². The molecule has 0 bridgehead atoms. The highest BCUT2D eigenvalue weighted by Crippen LogP contribution is 2.21. The van der Waals surface area contributed by atoms with Gasteiger partial charge in [-0.1, -0.05) is 0 Å². The molecule has 2 aromatic rings. The highest BCUT2D eigenvalue weighted by atomic mass is 32.2. The van der Waals surface area contributed by atoms with E-state index in [0.29, 0.717) is 0 Å². The fraction of sp³-hybridized carbons (Fsp3) is 0.235. The Balaban J connectivity index is 1.85. The van der Waals surface area contributed by atoms with Crippen LogP contribution in [0.25, 0.3) is 0 Å². The van der Waals surface area contributed by atoms with E-state index < -0.39 is 37.3 Å². The average molecular weight is 443 g/mol. The molecule has 1 aliphatic heterocycles. The van der Waals surface area contributed by atoms with E-state index in [4.69, 9.17) is 9.88 Å². The molecule has 1 amide bonds. The minimum Gasteiger partial charge on any atom is -0.379 e. The number of nitrogens with zero attached hydrogens (tertiary/aromatic N) is 1. The number of anilines is 1. The summed E-state index contributed by atoms with van der Waals surface area (Å²) in [7, 11) is -7.80. The van der Waals surface area contributed by atoms with Crippen molar-refractivity contribution in [2.24, 2.45) is 5.14 Å². The lowest BCUT2D eigenvalue weighted by Gasteiger charge is -2.26. The molecular formula is C17H18FN3O6S2. The number of sulfonamides is 2. The van der Waals surface area contributed by atoms with Crippen LogP contribution in [0.15, 0.2) is 52.3 Å². The van der Waals surface area contributed by atoms with Crippen LogP contribution in [-0.2, 0) is 24.8 Å². The summed E-state index contributed by atoms with van der Waals surface area (Å²) in [6.07, 6.45) is 0. The van der Waals surface area contributed by atoms with E-state index in [1.54, 1.807) is 0 Å². The molecule has 0 aliphatic carbocycles. The minimum atomic E-state index is -3.90. The number of ether oxygens (including phenoxy) is 1. The number of benzene rings is 2. The molecule has 0 aromatic heterocycles. The third-order valence-electron chi connectivity index (χ3n) is 4.23. The van der Waals surface area contributed by atoms with Crippen molar-refractivity contribution in [3.8, 4) is 0 Å². The Morgan fingerprint density at radius 3 is 2.17 bits per heavy atom. The van der Waals surface area contributed by atoms with Crippen molar-refractivity contribution in [3.63, 3.8) is 0 Å². The maximum absolute atomic E-state index is 14.2. The molecule has 156 valence electrons. The van der Waals surface area contributed by atoms with Gasteiger partial charge in [-0.2, -0.15) is 4.31 Å². The monoisotopic (exact) mass is 443 g/mol. The van der Waals surface area contributed by atoms with Gasteiger partial charge < -0.3 is 10.1 Å². The largest absolute Gasteiger partial charge is 0.379 e. The summed E-state index contributed by atoms with van der Waals surface area (Å²) in [5.41, 5.74) is -0.280. The standard InChI is InChI=1S/C17H18FN3O6S2/c18-16-6-5-14(29(25,26)21-7-9-27-10-8-21)11-15(16)17(22)20-12-1-3-13(4-2-12)28(19,23)24/h1-6,11H,7-10H2,(H,20,22)(H2,19,23,24). The highest BCUT2D eigenvalue weighted by Gasteiger charge is 2.28. The Labute approximate surface area is 167 Å². The van der Waals surface area contributed by atoms with Crippen molar-refractivity contribution < 1.29 is 30.8 Å². The molecule has 3 rings (SSSR count). The Morgan fingerprint density at radius 2 is 1.59 bits per heavy atom. The van der Waals surface area contributed by atoms with Crippen molar-refractivity contribution in [1.29, 1.82) is 0 Å². The number of carbonyl (C=O) groups is 1. The van der Waals surface area contributed by atoms with Crippen molar-refractivity contribution >= 4 is 31.6 Å². The van der Waals surface area contributed by atoms with E-state index >= 15 is 0 Å². The summed E-state index contributed by atoms with van der Waals surface area (Å²) in [6.45, 7) is 0.833. The molecule has 12 heteroatoms. The molecule has 29 heavy (non-hydrogen) atoms. The number of hydrogen-bond acceptors (Lipinski definition) is 6. The Kier molecular flexibility index (Phi) is 6.00. The van der Waals surface area contributed by atoms with Crippen LogP contribution >= 0.6 is 0 Å². The first-order chi connectivity index (χ1) is 13.6. The third-order valence-corrected chi connectivity index (χ3v) is 7.05. The van der Waals surface area contributed by atoms with Crippen LogP contribution in [-0.4, -0.2) is 53.4 Å². The Morgan fingerprint density at radius 1 is 1.00 bits per heavy atom. The van der Waals surface area contributed by atoms with Gasteiger partial charge in [0.1, 0.15) is 5.82 Å². The van der Waals surface area contributed by atoms with Crippen molar-refractivity contribution in [1.82, 2.24) is 4.31 Å². The quantitative estimate of drug-likeness (QED) is 0.700. The molecule has 0 spiro atoms. The molecule has 1 saturated heterocycles. The first-order valence-corrected chi connectivity index (χ1v) is 11.4. The van der Waals surface area contributed by atoms with Crippen LogP contribution in [0.5, 0.6) is 0 Å². The molecular weight excluding hydrogens is 425 g/mol. The summed E-state index contributed by atoms with van der Waals surface area (Å²) in [5, 5.41) is 7.40. The van der Waals surface area contributed by atoms with Gasteiger partial charge in [-0.3, -0.25) is 4.79 Å². The maximum atomic E-state index is 14.2. The lowest BCUT2D eigenvalue weighted by molar-refractivity contribution is 0.0730. The normalized spacial score (nSPS) is 15.8. The third kappa shape index (κ3) is 4.79. The first-order valence-electron chi connectivity index (χ1n) is 8.41. The number of nitrogens with one attached hydrogen (secondary N) is 1. The second-order valence-corrected chi connectivity index (χ2v) is 9.68. The zero-order valence-corrected chi connectivity index (χ0v) is 16.7. The number of nitrogens with two attached hydrogens (primary N) is 1. The zero-order valence-electron chi connectivity index (χ0n) is 15.0. The smallest absolute Gasteiger partial charge is 0.258 e. The molecule has 0 unspecified atom stereocenters. The van der Waals surface area contributed by atoms with Gasteiger partial charge in [0.2, 0.25) is 20.0 Å². The lowest BCUT2D eigenvalue weighted by atomic mass is 10.2. The van der Waals surface area contributed by atoms with E-state index in [1.807, 2.05) is 0 Å². The number of primary sulfonamides is 1. The molecule has 0 atom stereocenters. The average Bonchev–Trinajstić information content (AvgIpc) is 2.68. The first kappa shape index (κ1) is 21.3. The fourth-order valence-electron chi connectivity index (χ4n) is 2.70. The van der Waals surface area contributed by atoms with Crippen molar-refractivity contribution in [3.05, 3.63) is 53.8 Å². The minimum absolute atomic E-state index is 0.153. The maximum Gasteiger partial charge on any atom is 0.258 e. The molecule has 1 aliphatic rings. The summed E-state index contributed by atoms with van der Waals surface area (Å²) >= 11 is 0. The van der Waals surface area contributed by atoms with Crippen LogP contribution < -0.4 is 10.5 Å². The molecule has 0 radical (unpaired) electrons. The number of rotatable bonds is 5. The van der Waals surface area contributed by atoms with Gasteiger partial charge in [0.25, 0.3) is 5.91 Å². The second-order valence-electron chi connectivity index (χ2n) is 6.18. The van der Waals surface area contributed by atoms with Gasteiger partial charge in [-0.25, -0.2) is 26.4 Å². The molecule has 1 heterocycles. The number of morpholine rings is 1.